The first-order chi connectivity index (χ1) is 6.30. The third kappa shape index (κ3) is 1.68. The lowest BCUT2D eigenvalue weighted by Gasteiger charge is -2.35. The maximum Gasteiger partial charge on any atom is 0.336 e. The van der Waals surface area contributed by atoms with E-state index in [1.165, 1.54) is 0 Å². The number of nitrogens with zero attached hydrogens (tertiary/aromatic N) is 3. The van der Waals surface area contributed by atoms with Crippen molar-refractivity contribution in [2.45, 2.75) is 32.5 Å². The SMILES string of the molecule is CN1C(=O)N(C(C)(C)C)C(CCl)N1C. The zero-order chi connectivity index (χ0) is 11.1. The number of alkyl halides is 1. The summed E-state index contributed by atoms with van der Waals surface area (Å²) in [6.45, 7) is 6.03. The molecule has 14 heavy (non-hydrogen) atoms. The van der Waals surface area contributed by atoms with E-state index in [-0.39, 0.29) is 17.7 Å². The van der Waals surface area contributed by atoms with Gasteiger partial charge in [-0.25, -0.2) is 4.79 Å². The highest BCUT2D eigenvalue weighted by molar-refractivity contribution is 6.18. The Hall–Kier alpha value is -0.480. The molecule has 0 radical (unpaired) electrons. The molecule has 0 bridgehead atoms. The van der Waals surface area contributed by atoms with Crippen LogP contribution in [0.2, 0.25) is 0 Å². The van der Waals surface area contributed by atoms with Gasteiger partial charge in [0.15, 0.2) is 0 Å². The minimum absolute atomic E-state index is 0.00523. The second kappa shape index (κ2) is 3.59. The quantitative estimate of drug-likeness (QED) is 0.626. The number of carbonyl (C=O) groups is 1. The number of rotatable bonds is 1. The predicted molar refractivity (Wildman–Crippen MR) is 57.0 cm³/mol. The van der Waals surface area contributed by atoms with E-state index in [9.17, 15) is 4.79 Å². The Kier molecular flexibility index (Phi) is 2.97. The van der Waals surface area contributed by atoms with Crippen molar-refractivity contribution in [3.05, 3.63) is 0 Å². The maximum absolute atomic E-state index is 11.9. The normalized spacial score (nSPS) is 25.0. The Balaban J connectivity index is 2.99. The molecule has 1 aliphatic rings. The molecule has 2 amide bonds. The first-order valence-electron chi connectivity index (χ1n) is 4.66. The fraction of sp³-hybridized carbons (Fsp3) is 0.889. The van der Waals surface area contributed by atoms with Gasteiger partial charge < -0.3 is 4.90 Å². The van der Waals surface area contributed by atoms with Crippen LogP contribution in [0.25, 0.3) is 0 Å². The fourth-order valence-corrected chi connectivity index (χ4v) is 2.03. The Morgan fingerprint density at radius 1 is 1.36 bits per heavy atom. The summed E-state index contributed by atoms with van der Waals surface area (Å²) in [5.74, 6) is 0.420. The number of amides is 2. The van der Waals surface area contributed by atoms with Crippen LogP contribution in [-0.2, 0) is 0 Å². The van der Waals surface area contributed by atoms with Crippen LogP contribution in [-0.4, -0.2) is 52.6 Å². The van der Waals surface area contributed by atoms with Gasteiger partial charge in [0.2, 0.25) is 0 Å². The lowest BCUT2D eigenvalue weighted by Crippen LogP contribution is -2.50. The molecule has 1 atom stereocenters. The number of hydrogen-bond donors (Lipinski definition) is 0. The van der Waals surface area contributed by atoms with E-state index >= 15 is 0 Å². The molecule has 0 N–H and O–H groups in total. The largest absolute Gasteiger partial charge is 0.336 e. The molecule has 1 fully saturated rings. The lowest BCUT2D eigenvalue weighted by atomic mass is 10.1. The summed E-state index contributed by atoms with van der Waals surface area (Å²) < 4.78 is 0. The van der Waals surface area contributed by atoms with Crippen molar-refractivity contribution in [3.63, 3.8) is 0 Å². The van der Waals surface area contributed by atoms with Crippen LogP contribution in [0.4, 0.5) is 4.79 Å². The Bertz CT molecular complexity index is 239. The van der Waals surface area contributed by atoms with Gasteiger partial charge in [-0.1, -0.05) is 0 Å². The summed E-state index contributed by atoms with van der Waals surface area (Å²) >= 11 is 5.87. The Labute approximate surface area is 90.4 Å². The topological polar surface area (TPSA) is 26.8 Å². The van der Waals surface area contributed by atoms with Gasteiger partial charge in [0.1, 0.15) is 6.17 Å². The van der Waals surface area contributed by atoms with Crippen molar-refractivity contribution in [1.82, 2.24) is 14.9 Å². The molecule has 1 unspecified atom stereocenters. The molecule has 1 aliphatic heterocycles. The van der Waals surface area contributed by atoms with Crippen LogP contribution >= 0.6 is 11.6 Å². The fourth-order valence-electron chi connectivity index (χ4n) is 1.69. The molecule has 0 aliphatic carbocycles. The van der Waals surface area contributed by atoms with Gasteiger partial charge in [-0.3, -0.25) is 5.01 Å². The zero-order valence-electron chi connectivity index (χ0n) is 9.41. The average Bonchev–Trinajstić information content (AvgIpc) is 2.28. The smallest absolute Gasteiger partial charge is 0.300 e. The highest BCUT2D eigenvalue weighted by Gasteiger charge is 2.44. The van der Waals surface area contributed by atoms with Crippen LogP contribution < -0.4 is 0 Å². The predicted octanol–water partition coefficient (Wildman–Crippen LogP) is 1.56. The van der Waals surface area contributed by atoms with Crippen LogP contribution in [0.3, 0.4) is 0 Å². The molecule has 0 aromatic heterocycles. The summed E-state index contributed by atoms with van der Waals surface area (Å²) in [6.07, 6.45) is -0.0471. The number of carbonyl (C=O) groups excluding carboxylic acids is 1. The first kappa shape index (κ1) is 11.6. The van der Waals surface area contributed by atoms with Crippen LogP contribution in [0.15, 0.2) is 0 Å². The van der Waals surface area contributed by atoms with Crippen molar-refractivity contribution >= 4 is 17.6 Å². The number of halogens is 1. The molecule has 1 saturated heterocycles. The summed E-state index contributed by atoms with van der Waals surface area (Å²) in [6, 6.07) is 0.00523. The van der Waals surface area contributed by atoms with Crippen LogP contribution in [0, 0.1) is 0 Å². The van der Waals surface area contributed by atoms with Crippen molar-refractivity contribution in [2.24, 2.45) is 0 Å². The van der Waals surface area contributed by atoms with Gasteiger partial charge in [-0.2, -0.15) is 5.01 Å². The van der Waals surface area contributed by atoms with Crippen molar-refractivity contribution in [3.8, 4) is 0 Å². The van der Waals surface area contributed by atoms with E-state index in [1.807, 2.05) is 32.8 Å². The molecule has 0 saturated carbocycles. The molecule has 1 heterocycles. The summed E-state index contributed by atoms with van der Waals surface area (Å²) in [5, 5.41) is 3.46. The van der Waals surface area contributed by atoms with E-state index in [0.717, 1.165) is 0 Å². The van der Waals surface area contributed by atoms with Crippen molar-refractivity contribution in [1.29, 1.82) is 0 Å². The zero-order valence-corrected chi connectivity index (χ0v) is 10.2. The lowest BCUT2D eigenvalue weighted by molar-refractivity contribution is 0.0469. The molecular weight excluding hydrogens is 202 g/mol. The second-order valence-corrected chi connectivity index (χ2v) is 4.86. The number of hydrogen-bond acceptors (Lipinski definition) is 2. The van der Waals surface area contributed by atoms with Crippen LogP contribution in [0.5, 0.6) is 0 Å². The monoisotopic (exact) mass is 219 g/mol. The number of hydrazine groups is 1. The molecule has 1 rings (SSSR count). The van der Waals surface area contributed by atoms with Gasteiger partial charge in [-0.05, 0) is 20.8 Å². The van der Waals surface area contributed by atoms with Gasteiger partial charge >= 0.3 is 6.03 Å². The second-order valence-electron chi connectivity index (χ2n) is 4.56. The molecule has 5 heteroatoms. The standard InChI is InChI=1S/C9H18ClN3O/c1-9(2,3)13-7(6-10)11(4)12(5)8(13)14/h7H,6H2,1-5H3. The summed E-state index contributed by atoms with van der Waals surface area (Å²) in [5.41, 5.74) is -0.199. The average molecular weight is 220 g/mol. The van der Waals surface area contributed by atoms with Gasteiger partial charge in [0, 0.05) is 19.6 Å². The third-order valence-electron chi connectivity index (χ3n) is 2.55. The van der Waals surface area contributed by atoms with E-state index < -0.39 is 0 Å². The highest BCUT2D eigenvalue weighted by atomic mass is 35.5. The van der Waals surface area contributed by atoms with E-state index in [4.69, 9.17) is 11.6 Å². The Morgan fingerprint density at radius 2 is 1.86 bits per heavy atom. The first-order valence-corrected chi connectivity index (χ1v) is 5.20. The van der Waals surface area contributed by atoms with Gasteiger partial charge in [0.05, 0.1) is 5.88 Å². The minimum atomic E-state index is -0.199. The van der Waals surface area contributed by atoms with E-state index in [2.05, 4.69) is 0 Å². The molecule has 0 spiro atoms. The van der Waals surface area contributed by atoms with Gasteiger partial charge in [0.25, 0.3) is 0 Å². The third-order valence-corrected chi connectivity index (χ3v) is 2.82. The molecular formula is C9H18ClN3O. The van der Waals surface area contributed by atoms with Crippen LogP contribution in [0.1, 0.15) is 20.8 Å². The summed E-state index contributed by atoms with van der Waals surface area (Å²) in [7, 11) is 3.63. The number of urea groups is 1. The molecule has 0 aromatic carbocycles. The molecule has 82 valence electrons. The van der Waals surface area contributed by atoms with Crippen molar-refractivity contribution < 1.29 is 4.79 Å². The minimum Gasteiger partial charge on any atom is -0.300 e. The van der Waals surface area contributed by atoms with Crippen molar-refractivity contribution in [2.75, 3.05) is 20.0 Å². The van der Waals surface area contributed by atoms with E-state index in [0.29, 0.717) is 5.88 Å². The maximum atomic E-state index is 11.9. The summed E-state index contributed by atoms with van der Waals surface area (Å²) in [4.78, 5) is 13.7. The highest BCUT2D eigenvalue weighted by Crippen LogP contribution is 2.27. The van der Waals surface area contributed by atoms with Gasteiger partial charge in [-0.15, -0.1) is 11.6 Å². The molecule has 4 nitrogen and oxygen atoms in total. The Morgan fingerprint density at radius 3 is 2.14 bits per heavy atom. The van der Waals surface area contributed by atoms with E-state index in [1.54, 1.807) is 17.0 Å². The molecule has 0 aromatic rings.